The first-order chi connectivity index (χ1) is 15.2. The zero-order valence-electron chi connectivity index (χ0n) is 17.7. The number of hydrogen-bond donors (Lipinski definition) is 0. The van der Waals surface area contributed by atoms with Crippen LogP contribution >= 0.6 is 0 Å². The second kappa shape index (κ2) is 10.1. The molecule has 0 radical (unpaired) electrons. The molecule has 9 heteroatoms. The summed E-state index contributed by atoms with van der Waals surface area (Å²) in [6, 6.07) is 11.5. The van der Waals surface area contributed by atoms with Gasteiger partial charge in [0.25, 0.3) is 0 Å². The molecule has 0 atom stereocenters. The Morgan fingerprint density at radius 3 is 2.45 bits per heavy atom. The van der Waals surface area contributed by atoms with Gasteiger partial charge in [-0.1, -0.05) is 30.3 Å². The van der Waals surface area contributed by atoms with Crippen molar-refractivity contribution in [3.63, 3.8) is 0 Å². The number of aryl methyl sites for hydroxylation is 1. The van der Waals surface area contributed by atoms with E-state index in [0.717, 1.165) is 57.1 Å². The Bertz CT molecular complexity index is 1020. The largest absolute Gasteiger partial charge is 0.476 e. The third kappa shape index (κ3) is 5.43. The van der Waals surface area contributed by atoms with Crippen molar-refractivity contribution in [3.05, 3.63) is 59.3 Å². The lowest BCUT2D eigenvalue weighted by atomic mass is 10.1. The SMILES string of the molecule is Cn1nc(-c2ccccc2)c(OCCCCN2CCN(c3ncccn3)CC2)nc1=O. The summed E-state index contributed by atoms with van der Waals surface area (Å²) in [4.78, 5) is 29.3. The maximum Gasteiger partial charge on any atom is 0.367 e. The number of benzene rings is 1. The summed E-state index contributed by atoms with van der Waals surface area (Å²) >= 11 is 0. The molecule has 3 heterocycles. The lowest BCUT2D eigenvalue weighted by Crippen LogP contribution is -2.47. The Morgan fingerprint density at radius 1 is 0.968 bits per heavy atom. The summed E-state index contributed by atoms with van der Waals surface area (Å²) < 4.78 is 7.09. The van der Waals surface area contributed by atoms with E-state index in [9.17, 15) is 4.79 Å². The minimum absolute atomic E-state index is 0.297. The number of hydrogen-bond acceptors (Lipinski definition) is 8. The summed E-state index contributed by atoms with van der Waals surface area (Å²) in [5.74, 6) is 1.10. The van der Waals surface area contributed by atoms with Crippen LogP contribution in [0, 0.1) is 0 Å². The highest BCUT2D eigenvalue weighted by Gasteiger charge is 2.18. The third-order valence-corrected chi connectivity index (χ3v) is 5.29. The Hall–Kier alpha value is -3.33. The fourth-order valence-electron chi connectivity index (χ4n) is 3.56. The third-order valence-electron chi connectivity index (χ3n) is 5.29. The highest BCUT2D eigenvalue weighted by Crippen LogP contribution is 2.24. The molecule has 31 heavy (non-hydrogen) atoms. The van der Waals surface area contributed by atoms with Gasteiger partial charge in [0.15, 0.2) is 5.69 Å². The van der Waals surface area contributed by atoms with Crippen LogP contribution in [0.1, 0.15) is 12.8 Å². The van der Waals surface area contributed by atoms with Gasteiger partial charge in [-0.25, -0.2) is 19.4 Å². The van der Waals surface area contributed by atoms with E-state index in [1.807, 2.05) is 36.4 Å². The number of piperazine rings is 1. The highest BCUT2D eigenvalue weighted by atomic mass is 16.5. The molecule has 1 aliphatic rings. The van der Waals surface area contributed by atoms with Crippen LogP contribution in [0.5, 0.6) is 5.88 Å². The molecule has 0 bridgehead atoms. The number of aromatic nitrogens is 5. The van der Waals surface area contributed by atoms with E-state index in [2.05, 4.69) is 29.9 Å². The number of nitrogens with zero attached hydrogens (tertiary/aromatic N) is 7. The van der Waals surface area contributed by atoms with Crippen LogP contribution in [0.15, 0.2) is 53.6 Å². The van der Waals surface area contributed by atoms with Crippen LogP contribution < -0.4 is 15.3 Å². The number of anilines is 1. The second-order valence-electron chi connectivity index (χ2n) is 7.47. The number of unbranched alkanes of at least 4 members (excludes halogenated alkanes) is 1. The first-order valence-electron chi connectivity index (χ1n) is 10.6. The van der Waals surface area contributed by atoms with E-state index < -0.39 is 5.69 Å². The molecular weight excluding hydrogens is 394 g/mol. The molecule has 0 saturated carbocycles. The van der Waals surface area contributed by atoms with Crippen LogP contribution in [-0.2, 0) is 7.05 Å². The van der Waals surface area contributed by atoms with Gasteiger partial charge >= 0.3 is 5.69 Å². The lowest BCUT2D eigenvalue weighted by molar-refractivity contribution is 0.235. The van der Waals surface area contributed by atoms with E-state index in [0.29, 0.717) is 18.2 Å². The Labute approximate surface area is 181 Å². The lowest BCUT2D eigenvalue weighted by Gasteiger charge is -2.34. The van der Waals surface area contributed by atoms with E-state index in [1.165, 1.54) is 4.68 Å². The van der Waals surface area contributed by atoms with Gasteiger partial charge in [-0.2, -0.15) is 10.1 Å². The Balaban J connectivity index is 1.24. The molecule has 1 saturated heterocycles. The summed E-state index contributed by atoms with van der Waals surface area (Å²) in [7, 11) is 1.59. The van der Waals surface area contributed by atoms with Gasteiger partial charge in [-0.05, 0) is 25.5 Å². The van der Waals surface area contributed by atoms with Gasteiger partial charge in [0, 0.05) is 51.2 Å². The van der Waals surface area contributed by atoms with E-state index in [-0.39, 0.29) is 0 Å². The van der Waals surface area contributed by atoms with Crippen LogP contribution in [0.3, 0.4) is 0 Å². The molecule has 162 valence electrons. The highest BCUT2D eigenvalue weighted by molar-refractivity contribution is 5.63. The van der Waals surface area contributed by atoms with Gasteiger partial charge in [0.05, 0.1) is 6.61 Å². The van der Waals surface area contributed by atoms with Gasteiger partial charge in [-0.15, -0.1) is 0 Å². The zero-order valence-corrected chi connectivity index (χ0v) is 17.7. The van der Waals surface area contributed by atoms with Gasteiger partial charge < -0.3 is 9.64 Å². The topological polar surface area (TPSA) is 89.3 Å². The molecule has 1 fully saturated rings. The Morgan fingerprint density at radius 2 is 1.71 bits per heavy atom. The summed E-state index contributed by atoms with van der Waals surface area (Å²) in [6.07, 6.45) is 5.46. The summed E-state index contributed by atoms with van der Waals surface area (Å²) in [5, 5.41) is 4.34. The van der Waals surface area contributed by atoms with Crippen molar-refractivity contribution in [1.82, 2.24) is 29.6 Å². The van der Waals surface area contributed by atoms with Crippen molar-refractivity contribution < 1.29 is 4.74 Å². The predicted octanol–water partition coefficient (Wildman–Crippen LogP) is 1.61. The standard InChI is InChI=1S/C22H27N7O2/c1-27-22(30)25-20(19(26-27)18-8-3-2-4-9-18)31-17-6-5-12-28-13-15-29(16-14-28)21-23-10-7-11-24-21/h2-4,7-11H,5-6,12-17H2,1H3. The molecule has 0 spiro atoms. The van der Waals surface area contributed by atoms with Crippen molar-refractivity contribution in [1.29, 1.82) is 0 Å². The molecule has 0 unspecified atom stereocenters. The molecule has 1 aromatic carbocycles. The molecule has 2 aromatic heterocycles. The Kier molecular flexibility index (Phi) is 6.83. The maximum atomic E-state index is 11.9. The van der Waals surface area contributed by atoms with E-state index in [1.54, 1.807) is 19.4 Å². The maximum absolute atomic E-state index is 11.9. The molecule has 0 amide bonds. The van der Waals surface area contributed by atoms with Crippen LogP contribution in [0.4, 0.5) is 5.95 Å². The van der Waals surface area contributed by atoms with Gasteiger partial charge in [0.2, 0.25) is 11.8 Å². The van der Waals surface area contributed by atoms with E-state index >= 15 is 0 Å². The average molecular weight is 422 g/mol. The minimum atomic E-state index is -0.421. The molecule has 0 aliphatic carbocycles. The van der Waals surface area contributed by atoms with E-state index in [4.69, 9.17) is 4.74 Å². The summed E-state index contributed by atoms with van der Waals surface area (Å²) in [5.41, 5.74) is 1.04. The van der Waals surface area contributed by atoms with Crippen molar-refractivity contribution in [2.45, 2.75) is 12.8 Å². The molecular formula is C22H27N7O2. The van der Waals surface area contributed by atoms with Crippen molar-refractivity contribution >= 4 is 5.95 Å². The smallest absolute Gasteiger partial charge is 0.367 e. The molecule has 4 rings (SSSR count). The van der Waals surface area contributed by atoms with Crippen LogP contribution in [0.25, 0.3) is 11.3 Å². The first-order valence-corrected chi connectivity index (χ1v) is 10.6. The van der Waals surface area contributed by atoms with Crippen molar-refractivity contribution in [3.8, 4) is 17.1 Å². The first kappa shape index (κ1) is 20.9. The molecule has 9 nitrogen and oxygen atoms in total. The summed E-state index contributed by atoms with van der Waals surface area (Å²) in [6.45, 7) is 5.38. The molecule has 0 N–H and O–H groups in total. The molecule has 1 aliphatic heterocycles. The minimum Gasteiger partial charge on any atom is -0.476 e. The van der Waals surface area contributed by atoms with Gasteiger partial charge in [0.1, 0.15) is 0 Å². The second-order valence-corrected chi connectivity index (χ2v) is 7.47. The van der Waals surface area contributed by atoms with Crippen LogP contribution in [0.2, 0.25) is 0 Å². The fourth-order valence-corrected chi connectivity index (χ4v) is 3.56. The van der Waals surface area contributed by atoms with Crippen molar-refractivity contribution in [2.75, 3.05) is 44.2 Å². The molecule has 3 aromatic rings. The number of rotatable bonds is 8. The monoisotopic (exact) mass is 421 g/mol. The van der Waals surface area contributed by atoms with Gasteiger partial charge in [-0.3, -0.25) is 4.90 Å². The zero-order chi connectivity index (χ0) is 21.5. The average Bonchev–Trinajstić information content (AvgIpc) is 2.82. The number of ether oxygens (including phenoxy) is 1. The van der Waals surface area contributed by atoms with Crippen molar-refractivity contribution in [2.24, 2.45) is 7.05 Å². The normalized spacial score (nSPS) is 14.5. The fraction of sp³-hybridized carbons (Fsp3) is 0.409. The predicted molar refractivity (Wildman–Crippen MR) is 118 cm³/mol. The quantitative estimate of drug-likeness (QED) is 0.507. The van der Waals surface area contributed by atoms with Crippen LogP contribution in [-0.4, -0.2) is 69.0 Å².